The topological polar surface area (TPSA) is 105 Å². The van der Waals surface area contributed by atoms with Crippen LogP contribution < -0.4 is 10.6 Å². The molecular weight excluding hydrogens is 498 g/mol. The lowest BCUT2D eigenvalue weighted by Gasteiger charge is -2.32. The number of thiophene rings is 1. The minimum atomic E-state index is -3.64. The van der Waals surface area contributed by atoms with Gasteiger partial charge in [-0.2, -0.15) is 4.31 Å². The second-order valence-electron chi connectivity index (χ2n) is 9.22. The maximum absolute atomic E-state index is 13.1. The number of hydrogen-bond acceptors (Lipinski definition) is 6. The summed E-state index contributed by atoms with van der Waals surface area (Å²) in [6, 6.07) is 17.2. The van der Waals surface area contributed by atoms with Gasteiger partial charge in [0.25, 0.3) is 5.91 Å². The minimum Gasteiger partial charge on any atom is -0.374 e. The van der Waals surface area contributed by atoms with Crippen molar-refractivity contribution in [3.8, 4) is 0 Å². The highest BCUT2D eigenvalue weighted by atomic mass is 32.2. The predicted octanol–water partition coefficient (Wildman–Crippen LogP) is 3.25. The molecule has 0 radical (unpaired) electrons. The molecule has 0 spiro atoms. The highest BCUT2D eigenvalue weighted by Gasteiger charge is 2.31. The van der Waals surface area contributed by atoms with E-state index in [1.807, 2.05) is 44.2 Å². The van der Waals surface area contributed by atoms with Gasteiger partial charge < -0.3 is 15.4 Å². The van der Waals surface area contributed by atoms with E-state index in [0.29, 0.717) is 11.3 Å². The number of fused-ring (bicyclic) bond motifs is 1. The number of carbonyl (C=O) groups is 2. The summed E-state index contributed by atoms with van der Waals surface area (Å²) in [6.45, 7) is 4.76. The van der Waals surface area contributed by atoms with E-state index in [4.69, 9.17) is 4.74 Å². The second kappa shape index (κ2) is 11.5. The summed E-state index contributed by atoms with van der Waals surface area (Å²) >= 11 is 1.39. The molecule has 2 N–H and O–H groups in total. The molecule has 2 aromatic carbocycles. The smallest absolute Gasteiger partial charge is 0.262 e. The van der Waals surface area contributed by atoms with Crippen LogP contribution in [0, 0.1) is 5.92 Å². The third kappa shape index (κ3) is 6.31. The lowest BCUT2D eigenvalue weighted by molar-refractivity contribution is -0.124. The Labute approximate surface area is 215 Å². The number of morpholine rings is 1. The normalized spacial score (nSPS) is 17.7. The van der Waals surface area contributed by atoms with E-state index < -0.39 is 22.2 Å². The number of ether oxygens (including phenoxy) is 1. The number of nitrogens with zero attached hydrogens (tertiary/aromatic N) is 1. The lowest BCUT2D eigenvalue weighted by Crippen LogP contribution is -2.52. The number of benzene rings is 2. The third-order valence-electron chi connectivity index (χ3n) is 5.96. The highest BCUT2D eigenvalue weighted by molar-refractivity contribution is 7.89. The van der Waals surface area contributed by atoms with E-state index in [1.165, 1.54) is 15.6 Å². The Kier molecular flexibility index (Phi) is 8.40. The van der Waals surface area contributed by atoms with Crippen LogP contribution in [0.4, 0.5) is 0 Å². The molecule has 1 unspecified atom stereocenters. The first-order valence-corrected chi connectivity index (χ1v) is 14.2. The summed E-state index contributed by atoms with van der Waals surface area (Å²) < 4.78 is 34.0. The van der Waals surface area contributed by atoms with Crippen molar-refractivity contribution < 1.29 is 22.7 Å². The average Bonchev–Trinajstić information content (AvgIpc) is 3.32. The minimum absolute atomic E-state index is 0.139. The molecule has 0 aliphatic carbocycles. The van der Waals surface area contributed by atoms with Gasteiger partial charge in [0, 0.05) is 24.3 Å². The van der Waals surface area contributed by atoms with Crippen LogP contribution in [0.25, 0.3) is 10.1 Å². The van der Waals surface area contributed by atoms with Gasteiger partial charge in [0.05, 0.1) is 22.5 Å². The van der Waals surface area contributed by atoms with Crippen LogP contribution in [-0.2, 0) is 19.6 Å². The Balaban J connectivity index is 1.37. The van der Waals surface area contributed by atoms with E-state index in [2.05, 4.69) is 10.6 Å². The van der Waals surface area contributed by atoms with Gasteiger partial charge in [0.2, 0.25) is 15.9 Å². The molecule has 0 bridgehead atoms. The van der Waals surface area contributed by atoms with Gasteiger partial charge in [-0.1, -0.05) is 50.2 Å². The zero-order valence-corrected chi connectivity index (χ0v) is 22.0. The fourth-order valence-electron chi connectivity index (χ4n) is 4.14. The molecule has 2 atom stereocenters. The van der Waals surface area contributed by atoms with Crippen molar-refractivity contribution in [1.29, 1.82) is 0 Å². The summed E-state index contributed by atoms with van der Waals surface area (Å²) in [4.78, 5) is 26.8. The molecule has 2 amide bonds. The molecular formula is C26H31N3O5S2. The highest BCUT2D eigenvalue weighted by Crippen LogP contribution is 2.25. The monoisotopic (exact) mass is 529 g/mol. The van der Waals surface area contributed by atoms with E-state index in [0.717, 1.165) is 10.1 Å². The molecule has 1 saturated heterocycles. The van der Waals surface area contributed by atoms with E-state index in [-0.39, 0.29) is 48.9 Å². The Morgan fingerprint density at radius 2 is 1.83 bits per heavy atom. The van der Waals surface area contributed by atoms with Crippen LogP contribution in [0.3, 0.4) is 0 Å². The van der Waals surface area contributed by atoms with Crippen LogP contribution in [-0.4, -0.2) is 62.9 Å². The quantitative estimate of drug-likeness (QED) is 0.443. The summed E-state index contributed by atoms with van der Waals surface area (Å²) in [5.41, 5.74) is 0. The fraction of sp³-hybridized carbons (Fsp3) is 0.385. The summed E-state index contributed by atoms with van der Waals surface area (Å²) in [6.07, 6.45) is -0.0122. The fourth-order valence-corrected chi connectivity index (χ4v) is 6.58. The van der Waals surface area contributed by atoms with Crippen molar-refractivity contribution in [3.63, 3.8) is 0 Å². The summed E-state index contributed by atoms with van der Waals surface area (Å²) in [5.74, 6) is -0.420. The van der Waals surface area contributed by atoms with Gasteiger partial charge in [0.15, 0.2) is 0 Å². The molecule has 1 aliphatic heterocycles. The average molecular weight is 530 g/mol. The van der Waals surface area contributed by atoms with Crippen LogP contribution in [0.5, 0.6) is 0 Å². The largest absolute Gasteiger partial charge is 0.374 e. The number of carbonyl (C=O) groups excluding carboxylic acids is 2. The molecule has 36 heavy (non-hydrogen) atoms. The number of sulfonamides is 1. The molecule has 3 aromatic rings. The molecule has 8 nitrogen and oxygen atoms in total. The molecule has 1 aromatic heterocycles. The predicted molar refractivity (Wildman–Crippen MR) is 140 cm³/mol. The lowest BCUT2D eigenvalue weighted by atomic mass is 10.0. The first kappa shape index (κ1) is 26.3. The molecule has 4 rings (SSSR count). The van der Waals surface area contributed by atoms with Crippen molar-refractivity contribution in [3.05, 3.63) is 65.5 Å². The molecule has 1 aliphatic rings. The maximum atomic E-state index is 13.1. The van der Waals surface area contributed by atoms with Gasteiger partial charge in [-0.3, -0.25) is 9.59 Å². The number of nitrogens with one attached hydrogen (secondary N) is 2. The third-order valence-corrected chi connectivity index (χ3v) is 8.96. The molecule has 1 fully saturated rings. The van der Waals surface area contributed by atoms with Crippen molar-refractivity contribution >= 4 is 43.3 Å². The molecule has 2 heterocycles. The summed E-state index contributed by atoms with van der Waals surface area (Å²) in [5, 5.41) is 6.72. The van der Waals surface area contributed by atoms with Gasteiger partial charge in [-0.05, 0) is 42.0 Å². The zero-order valence-electron chi connectivity index (χ0n) is 20.3. The summed E-state index contributed by atoms with van der Waals surface area (Å²) in [7, 11) is -3.64. The van der Waals surface area contributed by atoms with Gasteiger partial charge in [-0.25, -0.2) is 8.42 Å². The van der Waals surface area contributed by atoms with E-state index in [9.17, 15) is 18.0 Å². The SMILES string of the molecule is CC(C)C[C@H](NC(=O)c1cc2ccccc2s1)C(=O)NCC1CN(S(=O)(=O)c2ccccc2)CCO1. The first-order valence-electron chi connectivity index (χ1n) is 12.0. The molecule has 0 saturated carbocycles. The van der Waals surface area contributed by atoms with E-state index >= 15 is 0 Å². The van der Waals surface area contributed by atoms with Crippen LogP contribution in [0.2, 0.25) is 0 Å². The number of rotatable bonds is 9. The van der Waals surface area contributed by atoms with Crippen LogP contribution in [0.15, 0.2) is 65.6 Å². The van der Waals surface area contributed by atoms with Gasteiger partial charge in [0.1, 0.15) is 6.04 Å². The standard InChI is InChI=1S/C26H31N3O5S2/c1-18(2)14-22(28-26(31)24-15-19-8-6-7-11-23(19)35-24)25(30)27-16-20-17-29(12-13-34-20)36(32,33)21-9-4-3-5-10-21/h3-11,15,18,20,22H,12-14,16-17H2,1-2H3,(H,27,30)(H,28,31)/t20?,22-/m0/s1. The molecule has 10 heteroatoms. The van der Waals surface area contributed by atoms with Gasteiger partial charge in [-0.15, -0.1) is 11.3 Å². The van der Waals surface area contributed by atoms with Crippen LogP contribution in [0.1, 0.15) is 29.9 Å². The van der Waals surface area contributed by atoms with Crippen molar-refractivity contribution in [1.82, 2.24) is 14.9 Å². The van der Waals surface area contributed by atoms with E-state index in [1.54, 1.807) is 30.3 Å². The first-order chi connectivity index (χ1) is 17.2. The van der Waals surface area contributed by atoms with Crippen LogP contribution >= 0.6 is 11.3 Å². The second-order valence-corrected chi connectivity index (χ2v) is 12.2. The number of hydrogen-bond donors (Lipinski definition) is 2. The van der Waals surface area contributed by atoms with Gasteiger partial charge >= 0.3 is 0 Å². The number of amides is 2. The molecule has 192 valence electrons. The Morgan fingerprint density at radius 3 is 2.56 bits per heavy atom. The van der Waals surface area contributed by atoms with Crippen molar-refractivity contribution in [2.24, 2.45) is 5.92 Å². The maximum Gasteiger partial charge on any atom is 0.262 e. The Hall–Kier alpha value is -2.79. The van der Waals surface area contributed by atoms with Crippen molar-refractivity contribution in [2.45, 2.75) is 37.3 Å². The zero-order chi connectivity index (χ0) is 25.7. The Morgan fingerprint density at radius 1 is 1.11 bits per heavy atom. The Bertz CT molecular complexity index is 1270. The van der Waals surface area contributed by atoms with Crippen molar-refractivity contribution in [2.75, 3.05) is 26.2 Å².